The van der Waals surface area contributed by atoms with E-state index in [1.807, 2.05) is 30.3 Å². The standard InChI is InChI=1S/C13H21N3S/c1-11(2)16(3)10-9-14-13(17)15-12-7-5-4-6-8-12/h4-8,11H,9-10H2,1-3H3,(H2,14,15,17). The topological polar surface area (TPSA) is 27.3 Å². The summed E-state index contributed by atoms with van der Waals surface area (Å²) in [4.78, 5) is 2.28. The zero-order chi connectivity index (χ0) is 12.7. The Bertz CT molecular complexity index is 338. The molecule has 0 bridgehead atoms. The summed E-state index contributed by atoms with van der Waals surface area (Å²) in [6.45, 7) is 6.20. The fourth-order valence-corrected chi connectivity index (χ4v) is 1.52. The zero-order valence-corrected chi connectivity index (χ0v) is 11.6. The van der Waals surface area contributed by atoms with Gasteiger partial charge in [-0.1, -0.05) is 18.2 Å². The van der Waals surface area contributed by atoms with Crippen molar-refractivity contribution in [3.63, 3.8) is 0 Å². The molecule has 0 amide bonds. The van der Waals surface area contributed by atoms with Crippen LogP contribution in [0.5, 0.6) is 0 Å². The molecule has 3 nitrogen and oxygen atoms in total. The van der Waals surface area contributed by atoms with E-state index >= 15 is 0 Å². The largest absolute Gasteiger partial charge is 0.361 e. The Morgan fingerprint density at radius 3 is 2.53 bits per heavy atom. The fraction of sp³-hybridized carbons (Fsp3) is 0.462. The van der Waals surface area contributed by atoms with Crippen molar-refractivity contribution >= 4 is 23.0 Å². The predicted molar refractivity (Wildman–Crippen MR) is 78.4 cm³/mol. The molecule has 0 atom stereocenters. The number of anilines is 1. The first-order valence-electron chi connectivity index (χ1n) is 5.89. The van der Waals surface area contributed by atoms with E-state index in [4.69, 9.17) is 12.2 Å². The molecule has 1 aromatic rings. The molecule has 0 saturated carbocycles. The number of rotatable bonds is 5. The Kier molecular flexibility index (Phi) is 5.94. The molecular formula is C13H21N3S. The fourth-order valence-electron chi connectivity index (χ4n) is 1.30. The van der Waals surface area contributed by atoms with Crippen molar-refractivity contribution < 1.29 is 0 Å². The van der Waals surface area contributed by atoms with Crippen molar-refractivity contribution in [1.29, 1.82) is 0 Å². The molecule has 0 aliphatic heterocycles. The highest BCUT2D eigenvalue weighted by atomic mass is 32.1. The molecule has 0 aliphatic rings. The van der Waals surface area contributed by atoms with Crippen LogP contribution in [0, 0.1) is 0 Å². The average molecular weight is 251 g/mol. The van der Waals surface area contributed by atoms with Crippen LogP contribution < -0.4 is 10.6 Å². The minimum Gasteiger partial charge on any atom is -0.361 e. The van der Waals surface area contributed by atoms with E-state index in [0.717, 1.165) is 18.8 Å². The van der Waals surface area contributed by atoms with E-state index in [-0.39, 0.29) is 0 Å². The van der Waals surface area contributed by atoms with Crippen LogP contribution in [-0.2, 0) is 0 Å². The molecule has 0 heterocycles. The third-order valence-electron chi connectivity index (χ3n) is 2.66. The van der Waals surface area contributed by atoms with Gasteiger partial charge in [-0.25, -0.2) is 0 Å². The summed E-state index contributed by atoms with van der Waals surface area (Å²) in [5.41, 5.74) is 1.02. The highest BCUT2D eigenvalue weighted by Crippen LogP contribution is 2.04. The quantitative estimate of drug-likeness (QED) is 0.785. The molecule has 0 aliphatic carbocycles. The summed E-state index contributed by atoms with van der Waals surface area (Å²) in [5.74, 6) is 0. The van der Waals surface area contributed by atoms with E-state index in [0.29, 0.717) is 11.2 Å². The Labute approximate surface area is 109 Å². The van der Waals surface area contributed by atoms with Gasteiger partial charge in [-0.3, -0.25) is 0 Å². The molecular weight excluding hydrogens is 230 g/mol. The summed E-state index contributed by atoms with van der Waals surface area (Å²) in [6, 6.07) is 10.5. The van der Waals surface area contributed by atoms with Crippen molar-refractivity contribution in [2.24, 2.45) is 0 Å². The molecule has 17 heavy (non-hydrogen) atoms. The van der Waals surface area contributed by atoms with Crippen molar-refractivity contribution in [2.45, 2.75) is 19.9 Å². The van der Waals surface area contributed by atoms with Gasteiger partial charge >= 0.3 is 0 Å². The van der Waals surface area contributed by atoms with E-state index in [1.165, 1.54) is 0 Å². The normalized spacial score (nSPS) is 10.6. The van der Waals surface area contributed by atoms with Gasteiger partial charge in [0.05, 0.1) is 0 Å². The number of benzene rings is 1. The van der Waals surface area contributed by atoms with Crippen LogP contribution in [0.25, 0.3) is 0 Å². The molecule has 0 unspecified atom stereocenters. The Hall–Kier alpha value is -1.13. The molecule has 0 aromatic heterocycles. The van der Waals surface area contributed by atoms with Crippen molar-refractivity contribution in [3.05, 3.63) is 30.3 Å². The summed E-state index contributed by atoms with van der Waals surface area (Å²) < 4.78 is 0. The lowest BCUT2D eigenvalue weighted by Gasteiger charge is -2.21. The molecule has 1 aromatic carbocycles. The van der Waals surface area contributed by atoms with Gasteiger partial charge in [0.25, 0.3) is 0 Å². The molecule has 2 N–H and O–H groups in total. The first-order valence-corrected chi connectivity index (χ1v) is 6.30. The Balaban J connectivity index is 2.22. The number of nitrogens with zero attached hydrogens (tertiary/aromatic N) is 1. The van der Waals surface area contributed by atoms with Crippen LogP contribution in [0.4, 0.5) is 5.69 Å². The van der Waals surface area contributed by atoms with E-state index < -0.39 is 0 Å². The van der Waals surface area contributed by atoms with Crippen LogP contribution in [0.1, 0.15) is 13.8 Å². The minimum atomic E-state index is 0.562. The molecule has 1 rings (SSSR count). The Morgan fingerprint density at radius 2 is 1.94 bits per heavy atom. The summed E-state index contributed by atoms with van der Waals surface area (Å²) >= 11 is 5.21. The minimum absolute atomic E-state index is 0.562. The number of thiocarbonyl (C=S) groups is 1. The van der Waals surface area contributed by atoms with Gasteiger partial charge in [0.15, 0.2) is 5.11 Å². The maximum absolute atomic E-state index is 5.21. The smallest absolute Gasteiger partial charge is 0.170 e. The molecule has 0 fully saturated rings. The third kappa shape index (κ3) is 5.65. The van der Waals surface area contributed by atoms with Crippen molar-refractivity contribution in [1.82, 2.24) is 10.2 Å². The molecule has 94 valence electrons. The lowest BCUT2D eigenvalue weighted by Crippen LogP contribution is -2.37. The van der Waals surface area contributed by atoms with Crippen molar-refractivity contribution in [3.8, 4) is 0 Å². The highest BCUT2D eigenvalue weighted by molar-refractivity contribution is 7.80. The van der Waals surface area contributed by atoms with E-state index in [2.05, 4.69) is 36.4 Å². The zero-order valence-electron chi connectivity index (χ0n) is 10.7. The second kappa shape index (κ2) is 7.25. The van der Waals surface area contributed by atoms with Crippen LogP contribution >= 0.6 is 12.2 Å². The predicted octanol–water partition coefficient (Wildman–Crippen LogP) is 2.31. The number of para-hydroxylation sites is 1. The van der Waals surface area contributed by atoms with Gasteiger partial charge in [-0.15, -0.1) is 0 Å². The Morgan fingerprint density at radius 1 is 1.29 bits per heavy atom. The van der Waals surface area contributed by atoms with Gasteiger partial charge < -0.3 is 15.5 Å². The van der Waals surface area contributed by atoms with Crippen LogP contribution in [0.3, 0.4) is 0 Å². The molecule has 4 heteroatoms. The van der Waals surface area contributed by atoms with Crippen LogP contribution in [0.2, 0.25) is 0 Å². The van der Waals surface area contributed by atoms with Crippen LogP contribution in [-0.4, -0.2) is 36.2 Å². The summed E-state index contributed by atoms with van der Waals surface area (Å²) in [6.07, 6.45) is 0. The monoisotopic (exact) mass is 251 g/mol. The number of hydrogen-bond donors (Lipinski definition) is 2. The molecule has 0 spiro atoms. The van der Waals surface area contributed by atoms with Gasteiger partial charge in [-0.2, -0.15) is 0 Å². The summed E-state index contributed by atoms with van der Waals surface area (Å²) in [5, 5.41) is 7.02. The number of likely N-dealkylation sites (N-methyl/N-ethyl adjacent to an activating group) is 1. The maximum atomic E-state index is 5.21. The first-order chi connectivity index (χ1) is 8.09. The van der Waals surface area contributed by atoms with Crippen molar-refractivity contribution in [2.75, 3.05) is 25.5 Å². The van der Waals surface area contributed by atoms with Gasteiger partial charge in [0.1, 0.15) is 0 Å². The average Bonchev–Trinajstić information content (AvgIpc) is 2.30. The van der Waals surface area contributed by atoms with E-state index in [9.17, 15) is 0 Å². The lowest BCUT2D eigenvalue weighted by molar-refractivity contribution is 0.278. The lowest BCUT2D eigenvalue weighted by atomic mass is 10.3. The van der Waals surface area contributed by atoms with Gasteiger partial charge in [0, 0.05) is 24.8 Å². The maximum Gasteiger partial charge on any atom is 0.170 e. The van der Waals surface area contributed by atoms with Gasteiger partial charge in [0.2, 0.25) is 0 Å². The van der Waals surface area contributed by atoms with Gasteiger partial charge in [-0.05, 0) is 45.2 Å². The second-order valence-electron chi connectivity index (χ2n) is 4.32. The first kappa shape index (κ1) is 13.9. The van der Waals surface area contributed by atoms with Crippen LogP contribution in [0.15, 0.2) is 30.3 Å². The number of hydrogen-bond acceptors (Lipinski definition) is 2. The number of nitrogens with one attached hydrogen (secondary N) is 2. The third-order valence-corrected chi connectivity index (χ3v) is 2.91. The summed E-state index contributed by atoms with van der Waals surface area (Å²) in [7, 11) is 2.11. The SMILES string of the molecule is CC(C)N(C)CCNC(=S)Nc1ccccc1. The second-order valence-corrected chi connectivity index (χ2v) is 4.73. The highest BCUT2D eigenvalue weighted by Gasteiger charge is 2.02. The molecule has 0 saturated heterocycles. The van der Waals surface area contributed by atoms with E-state index in [1.54, 1.807) is 0 Å². The molecule has 0 radical (unpaired) electrons.